The number of carbonyl (C=O) groups excluding carboxylic acids is 4. The number of carbonyl (C=O) groups is 5. The first-order valence-electron chi connectivity index (χ1n) is 13.7. The Labute approximate surface area is 241 Å². The normalized spacial score (nSPS) is 17.5. The van der Waals surface area contributed by atoms with Gasteiger partial charge in [0.1, 0.15) is 11.6 Å². The van der Waals surface area contributed by atoms with Gasteiger partial charge in [0, 0.05) is 20.4 Å². The van der Waals surface area contributed by atoms with Gasteiger partial charge in [0.25, 0.3) is 0 Å². The zero-order valence-electron chi connectivity index (χ0n) is 25.2. The van der Waals surface area contributed by atoms with Crippen molar-refractivity contribution in [3.8, 4) is 0 Å². The van der Waals surface area contributed by atoms with Crippen molar-refractivity contribution >= 4 is 41.2 Å². The molecule has 0 spiro atoms. The average Bonchev–Trinajstić information content (AvgIpc) is 2.84. The van der Waals surface area contributed by atoms with Crippen LogP contribution in [0.2, 0.25) is 0 Å². The van der Waals surface area contributed by atoms with Crippen molar-refractivity contribution in [3.05, 3.63) is 24.3 Å². The number of aliphatic hydroxyl groups is 1. The van der Waals surface area contributed by atoms with Gasteiger partial charge >= 0.3 is 12.1 Å². The average molecular weight is 577 g/mol. The Morgan fingerprint density at radius 2 is 1.66 bits per heavy atom. The highest BCUT2D eigenvalue weighted by Gasteiger charge is 2.41. The van der Waals surface area contributed by atoms with Gasteiger partial charge < -0.3 is 30.5 Å². The maximum atomic E-state index is 13.8. The molecule has 0 bridgehead atoms. The van der Waals surface area contributed by atoms with Crippen LogP contribution in [0, 0.1) is 11.3 Å². The number of ether oxygens (including phenoxy) is 1. The van der Waals surface area contributed by atoms with Crippen LogP contribution in [0.5, 0.6) is 0 Å². The molecule has 41 heavy (non-hydrogen) atoms. The molecule has 0 aliphatic carbocycles. The van der Waals surface area contributed by atoms with Crippen molar-refractivity contribution in [1.29, 1.82) is 0 Å². The van der Waals surface area contributed by atoms with Gasteiger partial charge in [-0.05, 0) is 51.2 Å². The number of nitrogens with one attached hydrogen (secondary N) is 2. The van der Waals surface area contributed by atoms with E-state index in [1.54, 1.807) is 58.9 Å². The Balaban J connectivity index is 2.34. The smallest absolute Gasteiger partial charge is 0.407 e. The molecule has 0 saturated heterocycles. The number of hydrogen-bond donors (Lipinski definition) is 4. The molecule has 0 fully saturated rings. The predicted octanol–water partition coefficient (Wildman–Crippen LogP) is 2.67. The van der Waals surface area contributed by atoms with Crippen molar-refractivity contribution in [2.45, 2.75) is 91.5 Å². The topological polar surface area (TPSA) is 166 Å². The van der Waals surface area contributed by atoms with Crippen molar-refractivity contribution < 1.29 is 38.9 Å². The van der Waals surface area contributed by atoms with E-state index in [-0.39, 0.29) is 37.6 Å². The zero-order valence-corrected chi connectivity index (χ0v) is 25.2. The summed E-state index contributed by atoms with van der Waals surface area (Å²) in [6, 6.07) is 5.01. The van der Waals surface area contributed by atoms with Crippen LogP contribution in [0.25, 0.3) is 0 Å². The molecule has 0 unspecified atom stereocenters. The number of fused-ring (bicyclic) bond motifs is 1. The molecule has 4 amide bonds. The molecule has 12 heteroatoms. The summed E-state index contributed by atoms with van der Waals surface area (Å²) in [5.41, 5.74) is -0.661. The number of para-hydroxylation sites is 2. The summed E-state index contributed by atoms with van der Waals surface area (Å²) < 4.78 is 5.35. The lowest BCUT2D eigenvalue weighted by Gasteiger charge is -2.42. The van der Waals surface area contributed by atoms with E-state index < -0.39 is 53.1 Å². The highest BCUT2D eigenvalue weighted by atomic mass is 16.6. The molecule has 1 aromatic rings. The van der Waals surface area contributed by atoms with Gasteiger partial charge in [0.15, 0.2) is 0 Å². The molecule has 0 saturated carbocycles. The Hall–Kier alpha value is -3.67. The molecule has 1 aromatic carbocycles. The molecule has 4 atom stereocenters. The van der Waals surface area contributed by atoms with Crippen LogP contribution >= 0.6 is 0 Å². The Bertz CT molecular complexity index is 1150. The standard InChI is InChI=1S/C29H44N4O8/c1-17(26(38)39)13-23(35)19(31-27(40)41-28(3,4)5)14-29(6,7)15-24(36)32-16-22(25(37)30-8)33(18(2)34)21-12-10-9-11-20(21)32/h9-12,17,19,22-23,35H,13-16H2,1-8H3,(H,30,37)(H,31,40)(H,38,39)/t17-,19+,22-,23+/m1/s1. The summed E-state index contributed by atoms with van der Waals surface area (Å²) in [5.74, 6) is -3.01. The van der Waals surface area contributed by atoms with Crippen LogP contribution in [-0.4, -0.2) is 77.4 Å². The molecule has 228 valence electrons. The minimum absolute atomic E-state index is 0.0322. The minimum atomic E-state index is -1.22. The number of alkyl carbamates (subject to hydrolysis) is 1. The third kappa shape index (κ3) is 9.17. The van der Waals surface area contributed by atoms with Crippen molar-refractivity contribution in [1.82, 2.24) is 10.6 Å². The number of nitrogens with zero attached hydrogens (tertiary/aromatic N) is 2. The Kier molecular flexibility index (Phi) is 10.9. The molecular formula is C29H44N4O8. The maximum Gasteiger partial charge on any atom is 0.407 e. The summed E-state index contributed by atoms with van der Waals surface area (Å²) in [7, 11) is 1.46. The zero-order chi connectivity index (χ0) is 31.3. The first-order chi connectivity index (χ1) is 18.9. The molecule has 12 nitrogen and oxygen atoms in total. The third-order valence-electron chi connectivity index (χ3n) is 6.87. The lowest BCUT2D eigenvalue weighted by Crippen LogP contribution is -2.58. The monoisotopic (exact) mass is 576 g/mol. The minimum Gasteiger partial charge on any atom is -0.481 e. The van der Waals surface area contributed by atoms with Crippen LogP contribution in [0.1, 0.15) is 67.7 Å². The van der Waals surface area contributed by atoms with Crippen LogP contribution < -0.4 is 20.4 Å². The first kappa shape index (κ1) is 33.5. The number of amides is 4. The number of anilines is 2. The first-order valence-corrected chi connectivity index (χ1v) is 13.7. The van der Waals surface area contributed by atoms with E-state index in [0.29, 0.717) is 11.4 Å². The summed E-state index contributed by atoms with van der Waals surface area (Å²) in [4.78, 5) is 65.9. The second-order valence-electron chi connectivity index (χ2n) is 12.4. The Morgan fingerprint density at radius 1 is 1.07 bits per heavy atom. The van der Waals surface area contributed by atoms with E-state index in [1.165, 1.54) is 30.7 Å². The summed E-state index contributed by atoms with van der Waals surface area (Å²) in [6.07, 6.45) is -2.02. The van der Waals surface area contributed by atoms with Gasteiger partial charge in [-0.2, -0.15) is 0 Å². The number of benzene rings is 1. The van der Waals surface area contributed by atoms with E-state index >= 15 is 0 Å². The number of hydrogen-bond acceptors (Lipinski definition) is 7. The fourth-order valence-corrected chi connectivity index (χ4v) is 4.95. The quantitative estimate of drug-likeness (QED) is 0.330. The molecule has 2 rings (SSSR count). The highest BCUT2D eigenvalue weighted by Crippen LogP contribution is 2.38. The fraction of sp³-hybridized carbons (Fsp3) is 0.621. The van der Waals surface area contributed by atoms with Crippen LogP contribution in [0.15, 0.2) is 24.3 Å². The number of carboxylic acid groups (broad SMARTS) is 1. The number of aliphatic carboxylic acids is 1. The number of likely N-dealkylation sites (N-methyl/N-ethyl adjacent to an activating group) is 1. The number of rotatable bonds is 10. The number of carboxylic acids is 1. The van der Waals surface area contributed by atoms with E-state index in [2.05, 4.69) is 10.6 Å². The second kappa shape index (κ2) is 13.3. The van der Waals surface area contributed by atoms with Gasteiger partial charge in [-0.25, -0.2) is 4.79 Å². The molecular weight excluding hydrogens is 532 g/mol. The van der Waals surface area contributed by atoms with Crippen molar-refractivity contribution in [3.63, 3.8) is 0 Å². The van der Waals surface area contributed by atoms with Crippen LogP contribution in [0.3, 0.4) is 0 Å². The van der Waals surface area contributed by atoms with Crippen LogP contribution in [0.4, 0.5) is 16.2 Å². The summed E-state index contributed by atoms with van der Waals surface area (Å²) >= 11 is 0. The second-order valence-corrected chi connectivity index (χ2v) is 12.4. The lowest BCUT2D eigenvalue weighted by molar-refractivity contribution is -0.142. The molecule has 0 aromatic heterocycles. The van der Waals surface area contributed by atoms with Gasteiger partial charge in [-0.3, -0.25) is 24.1 Å². The fourth-order valence-electron chi connectivity index (χ4n) is 4.95. The van der Waals surface area contributed by atoms with Crippen LogP contribution in [-0.2, 0) is 23.9 Å². The maximum absolute atomic E-state index is 13.8. The predicted molar refractivity (Wildman–Crippen MR) is 153 cm³/mol. The van der Waals surface area contributed by atoms with Crippen molar-refractivity contribution in [2.75, 3.05) is 23.4 Å². The largest absolute Gasteiger partial charge is 0.481 e. The van der Waals surface area contributed by atoms with Gasteiger partial charge in [0.05, 0.1) is 36.0 Å². The highest BCUT2D eigenvalue weighted by molar-refractivity contribution is 6.08. The van der Waals surface area contributed by atoms with E-state index in [9.17, 15) is 34.2 Å². The molecule has 1 aliphatic heterocycles. The van der Waals surface area contributed by atoms with E-state index in [0.717, 1.165) is 0 Å². The Morgan fingerprint density at radius 3 is 2.17 bits per heavy atom. The third-order valence-corrected chi connectivity index (χ3v) is 6.87. The number of aliphatic hydroxyl groups excluding tert-OH is 1. The molecule has 0 radical (unpaired) electrons. The van der Waals surface area contributed by atoms with E-state index in [4.69, 9.17) is 4.74 Å². The molecule has 1 heterocycles. The SMILES string of the molecule is CNC(=O)[C@H]1CN(C(=O)CC(C)(C)C[C@H](NC(=O)OC(C)(C)C)[C@@H](O)C[C@@H](C)C(=O)O)c2ccccc2N1C(C)=O. The molecule has 1 aliphatic rings. The van der Waals surface area contributed by atoms with E-state index in [1.807, 2.05) is 0 Å². The van der Waals surface area contributed by atoms with Gasteiger partial charge in [-0.1, -0.05) is 32.9 Å². The van der Waals surface area contributed by atoms with Crippen molar-refractivity contribution in [2.24, 2.45) is 11.3 Å². The van der Waals surface area contributed by atoms with Gasteiger partial charge in [0.2, 0.25) is 17.7 Å². The summed E-state index contributed by atoms with van der Waals surface area (Å²) in [5, 5.41) is 25.5. The molecule has 4 N–H and O–H groups in total. The summed E-state index contributed by atoms with van der Waals surface area (Å²) in [6.45, 7) is 11.5. The van der Waals surface area contributed by atoms with Gasteiger partial charge in [-0.15, -0.1) is 0 Å². The lowest BCUT2D eigenvalue weighted by atomic mass is 9.79.